The molecule has 17 heteroatoms. The molecule has 1 aromatic heterocycles. The zero-order valence-electron chi connectivity index (χ0n) is 38.6. The molecule has 2 fully saturated rings. The van der Waals surface area contributed by atoms with Gasteiger partial charge in [-0.1, -0.05) is 74.5 Å². The number of alkyl carbamates (subject to hydrolysis) is 2. The lowest BCUT2D eigenvalue weighted by molar-refractivity contribution is -0.135. The van der Waals surface area contributed by atoms with Crippen LogP contribution < -0.4 is 20.7 Å². The molecule has 4 heterocycles. The molecule has 3 aromatic carbocycles. The molecule has 2 saturated heterocycles. The van der Waals surface area contributed by atoms with Crippen LogP contribution in [-0.4, -0.2) is 119 Å². The van der Waals surface area contributed by atoms with Gasteiger partial charge in [0.15, 0.2) is 0 Å². The van der Waals surface area contributed by atoms with E-state index in [-0.39, 0.29) is 49.6 Å². The monoisotopic (exact) mass is 901 g/mol. The summed E-state index contributed by atoms with van der Waals surface area (Å²) in [7, 11) is 4.13. The fraction of sp³-hybridized carbons (Fsp3) is 0.388. The molecule has 6 amide bonds. The van der Waals surface area contributed by atoms with Gasteiger partial charge in [-0.3, -0.25) is 9.59 Å². The van der Waals surface area contributed by atoms with E-state index in [1.165, 1.54) is 14.2 Å². The van der Waals surface area contributed by atoms with Gasteiger partial charge in [0, 0.05) is 31.5 Å². The summed E-state index contributed by atoms with van der Waals surface area (Å²) in [6.07, 6.45) is 5.83. The van der Waals surface area contributed by atoms with Gasteiger partial charge < -0.3 is 54.7 Å². The number of hydrogen-bond acceptors (Lipinski definition) is 10. The Morgan fingerprint density at radius 3 is 2.21 bits per heavy atom. The van der Waals surface area contributed by atoms with Gasteiger partial charge in [0.2, 0.25) is 11.8 Å². The third-order valence-electron chi connectivity index (χ3n) is 12.5. The number of H-pyrrole nitrogens is 1. The SMILES string of the molecule is C/C=C(/N/C=C(\C)c1ccc(-c2ccc(-c3cnc(C4CCCN4C(=O)C(NC(=O)OC)C(C)C)[nH]3)cc2)cc1)[C@@H]1CN(C(=O)N2Cc3ccc(OC)cc3C2)CN1C(=O)CNC(=O)OC. The number of amides is 6. The minimum atomic E-state index is -0.719. The number of benzene rings is 3. The number of urea groups is 1. The molecule has 0 saturated carbocycles. The largest absolute Gasteiger partial charge is 0.497 e. The van der Waals surface area contributed by atoms with E-state index in [0.29, 0.717) is 25.5 Å². The van der Waals surface area contributed by atoms with Crippen molar-refractivity contribution in [3.63, 3.8) is 0 Å². The van der Waals surface area contributed by atoms with Gasteiger partial charge in [-0.15, -0.1) is 0 Å². The molecule has 3 aliphatic heterocycles. The molecule has 7 rings (SSSR count). The fourth-order valence-corrected chi connectivity index (χ4v) is 8.72. The number of likely N-dealkylation sites (tertiary alicyclic amines) is 1. The average Bonchev–Trinajstić information content (AvgIpc) is 4.18. The number of nitrogens with one attached hydrogen (secondary N) is 4. The maximum Gasteiger partial charge on any atom is 0.407 e. The number of allylic oxidation sites excluding steroid dienone is 2. The second kappa shape index (κ2) is 20.7. The molecule has 0 radical (unpaired) electrons. The minimum absolute atomic E-state index is 0.0493. The number of methoxy groups -OCH3 is 3. The van der Waals surface area contributed by atoms with E-state index in [1.807, 2.05) is 70.3 Å². The van der Waals surface area contributed by atoms with Crippen LogP contribution in [0, 0.1) is 5.92 Å². The summed E-state index contributed by atoms with van der Waals surface area (Å²) in [5.74, 6) is 0.813. The summed E-state index contributed by atoms with van der Waals surface area (Å²) in [5, 5.41) is 8.59. The zero-order chi connectivity index (χ0) is 47.1. The van der Waals surface area contributed by atoms with E-state index in [0.717, 1.165) is 68.9 Å². The van der Waals surface area contributed by atoms with E-state index >= 15 is 0 Å². The number of ether oxygens (including phenoxy) is 3. The molecule has 0 bridgehead atoms. The Bertz CT molecular complexity index is 2480. The lowest BCUT2D eigenvalue weighted by Crippen LogP contribution is -2.51. The molecule has 3 aliphatic rings. The standard InChI is InChI=1S/C49H59N9O8/c1-8-39(42-28-56(29-58(42)43(59)25-52-47(61)65-6)49(63)55-26-36-19-20-38(64-5)22-37(36)27-55)50-23-31(4)32-11-13-33(14-12-32)34-15-17-35(18-16-34)40-24-51-45(53-40)41-10-9-21-57(41)46(60)44(30(2)3)54-48(62)66-7/h8,11-20,22-24,30,41-42,44,50H,9-10,21,25-29H2,1-7H3,(H,51,53)(H,52,61)(H,54,62)/b31-23+,39-8+/t41?,42-,44?/m0/s1. The lowest BCUT2D eigenvalue weighted by atomic mass is 10.00. The number of aromatic nitrogens is 2. The number of imidazole rings is 1. The normalized spacial score (nSPS) is 17.7. The van der Waals surface area contributed by atoms with Crippen LogP contribution in [0.2, 0.25) is 0 Å². The molecule has 4 N–H and O–H groups in total. The highest BCUT2D eigenvalue weighted by molar-refractivity contribution is 5.87. The first kappa shape index (κ1) is 46.7. The van der Waals surface area contributed by atoms with Crippen molar-refractivity contribution in [1.82, 2.24) is 45.5 Å². The van der Waals surface area contributed by atoms with Gasteiger partial charge in [0.05, 0.1) is 58.5 Å². The van der Waals surface area contributed by atoms with Crippen molar-refractivity contribution in [2.75, 3.05) is 47.6 Å². The van der Waals surface area contributed by atoms with Gasteiger partial charge >= 0.3 is 18.2 Å². The second-order valence-electron chi connectivity index (χ2n) is 17.0. The smallest absolute Gasteiger partial charge is 0.407 e. The Balaban J connectivity index is 0.992. The molecular weight excluding hydrogens is 843 g/mol. The van der Waals surface area contributed by atoms with Crippen LogP contribution in [0.3, 0.4) is 0 Å². The second-order valence-corrected chi connectivity index (χ2v) is 17.0. The molecule has 2 unspecified atom stereocenters. The van der Waals surface area contributed by atoms with Crippen LogP contribution in [0.1, 0.15) is 69.1 Å². The summed E-state index contributed by atoms with van der Waals surface area (Å²) >= 11 is 0. The molecule has 66 heavy (non-hydrogen) atoms. The highest BCUT2D eigenvalue weighted by Crippen LogP contribution is 2.34. The van der Waals surface area contributed by atoms with Gasteiger partial charge in [0.1, 0.15) is 24.2 Å². The van der Waals surface area contributed by atoms with Crippen LogP contribution in [0.4, 0.5) is 14.4 Å². The molecule has 0 aliphatic carbocycles. The number of carbonyl (C=O) groups excluding carboxylic acids is 5. The average molecular weight is 902 g/mol. The van der Waals surface area contributed by atoms with Gasteiger partial charge in [0.25, 0.3) is 0 Å². The van der Waals surface area contributed by atoms with Crippen molar-refractivity contribution in [2.45, 2.75) is 71.8 Å². The first-order chi connectivity index (χ1) is 31.8. The van der Waals surface area contributed by atoms with E-state index < -0.39 is 24.3 Å². The van der Waals surface area contributed by atoms with Gasteiger partial charge in [-0.05, 0) is 83.7 Å². The number of nitrogens with zero attached hydrogens (tertiary/aromatic N) is 5. The summed E-state index contributed by atoms with van der Waals surface area (Å²) in [6.45, 7) is 9.15. The Labute approximate surface area is 385 Å². The number of rotatable bonds is 13. The van der Waals surface area contributed by atoms with Crippen molar-refractivity contribution < 1.29 is 38.2 Å². The molecule has 348 valence electrons. The minimum Gasteiger partial charge on any atom is -0.497 e. The summed E-state index contributed by atoms with van der Waals surface area (Å²) in [5.41, 5.74) is 8.63. The fourth-order valence-electron chi connectivity index (χ4n) is 8.72. The van der Waals surface area contributed by atoms with E-state index in [4.69, 9.17) is 9.47 Å². The Morgan fingerprint density at radius 2 is 1.55 bits per heavy atom. The molecule has 3 atom stereocenters. The van der Waals surface area contributed by atoms with Gasteiger partial charge in [-0.2, -0.15) is 0 Å². The molecule has 17 nitrogen and oxygen atoms in total. The van der Waals surface area contributed by atoms with Crippen molar-refractivity contribution in [3.05, 3.63) is 113 Å². The maximum absolute atomic E-state index is 13.9. The summed E-state index contributed by atoms with van der Waals surface area (Å²) in [4.78, 5) is 79.9. The zero-order valence-corrected chi connectivity index (χ0v) is 38.6. The van der Waals surface area contributed by atoms with Crippen LogP contribution in [0.5, 0.6) is 5.75 Å². The predicted octanol–water partition coefficient (Wildman–Crippen LogP) is 6.61. The number of fused-ring (bicyclic) bond motifs is 1. The Hall–Kier alpha value is -7.30. The summed E-state index contributed by atoms with van der Waals surface area (Å²) in [6, 6.07) is 20.6. The summed E-state index contributed by atoms with van der Waals surface area (Å²) < 4.78 is 14.8. The Morgan fingerprint density at radius 1 is 0.864 bits per heavy atom. The molecular formula is C49H59N9O8. The van der Waals surface area contributed by atoms with Crippen molar-refractivity contribution in [2.24, 2.45) is 5.92 Å². The number of hydrogen-bond donors (Lipinski definition) is 4. The van der Waals surface area contributed by atoms with E-state index in [2.05, 4.69) is 67.1 Å². The first-order valence-electron chi connectivity index (χ1n) is 22.1. The quantitative estimate of drug-likeness (QED) is 0.114. The van der Waals surface area contributed by atoms with Crippen molar-refractivity contribution in [1.29, 1.82) is 0 Å². The molecule has 4 aromatic rings. The van der Waals surface area contributed by atoms with E-state index in [1.54, 1.807) is 32.9 Å². The third-order valence-corrected chi connectivity index (χ3v) is 12.5. The van der Waals surface area contributed by atoms with E-state index in [9.17, 15) is 24.0 Å². The topological polar surface area (TPSA) is 191 Å². The highest BCUT2D eigenvalue weighted by Gasteiger charge is 2.41. The number of aromatic amines is 1. The third kappa shape index (κ3) is 10.3. The maximum atomic E-state index is 13.9. The lowest BCUT2D eigenvalue weighted by Gasteiger charge is -2.30. The van der Waals surface area contributed by atoms with Crippen molar-refractivity contribution in [3.8, 4) is 28.1 Å². The number of carbonyl (C=O) groups is 5. The first-order valence-corrected chi connectivity index (χ1v) is 22.1. The van der Waals surface area contributed by atoms with Crippen LogP contribution >= 0.6 is 0 Å². The van der Waals surface area contributed by atoms with Crippen LogP contribution in [-0.2, 0) is 32.2 Å². The predicted molar refractivity (Wildman–Crippen MR) is 248 cm³/mol. The van der Waals surface area contributed by atoms with Gasteiger partial charge in [-0.25, -0.2) is 19.4 Å². The molecule has 0 spiro atoms. The highest BCUT2D eigenvalue weighted by atomic mass is 16.5. The van der Waals surface area contributed by atoms with Crippen molar-refractivity contribution >= 4 is 35.6 Å². The Kier molecular flexibility index (Phi) is 14.6. The van der Waals surface area contributed by atoms with Crippen LogP contribution in [0.25, 0.3) is 28.0 Å². The van der Waals surface area contributed by atoms with Crippen LogP contribution in [0.15, 0.2) is 90.9 Å².